The van der Waals surface area contributed by atoms with Gasteiger partial charge in [-0.3, -0.25) is 0 Å². The summed E-state index contributed by atoms with van der Waals surface area (Å²) in [6.07, 6.45) is 0. The Morgan fingerprint density at radius 2 is 2.00 bits per heavy atom. The smallest absolute Gasteiger partial charge is 0.158 e. The molecular weight excluding hydrogens is 352 g/mol. The highest BCUT2D eigenvalue weighted by molar-refractivity contribution is 7.17. The largest absolute Gasteiger partial charge is 0.377 e. The fourth-order valence-corrected chi connectivity index (χ4v) is 4.16. The Balaban J connectivity index is 1.80. The summed E-state index contributed by atoms with van der Waals surface area (Å²) in [5.41, 5.74) is 5.14. The number of anilines is 1. The van der Waals surface area contributed by atoms with Gasteiger partial charge in [0.1, 0.15) is 17.3 Å². The fourth-order valence-electron chi connectivity index (χ4n) is 2.64. The minimum absolute atomic E-state index is 0.389. The van der Waals surface area contributed by atoms with Crippen LogP contribution in [0.5, 0.6) is 0 Å². The number of hydrogen-bond acceptors (Lipinski definition) is 7. The van der Waals surface area contributed by atoms with E-state index in [0.717, 1.165) is 32.9 Å². The van der Waals surface area contributed by atoms with Crippen molar-refractivity contribution < 1.29 is 4.74 Å². The number of ether oxygens (including phenoxy) is 1. The van der Waals surface area contributed by atoms with Crippen molar-refractivity contribution in [2.24, 2.45) is 0 Å². The molecule has 4 aromatic rings. The molecule has 0 aliphatic rings. The molecule has 126 valence electrons. The summed E-state index contributed by atoms with van der Waals surface area (Å²) < 4.78 is 5.21. The molecule has 3 heterocycles. The van der Waals surface area contributed by atoms with E-state index in [-0.39, 0.29) is 0 Å². The lowest BCUT2D eigenvalue weighted by atomic mass is 10.1. The van der Waals surface area contributed by atoms with Gasteiger partial charge in [-0.2, -0.15) is 0 Å². The number of methoxy groups -OCH3 is 1. The normalized spacial score (nSPS) is 11.1. The molecule has 7 heteroatoms. The Morgan fingerprint density at radius 3 is 2.76 bits per heavy atom. The Labute approximate surface area is 153 Å². The molecule has 0 amide bonds. The van der Waals surface area contributed by atoms with E-state index < -0.39 is 0 Å². The van der Waals surface area contributed by atoms with Gasteiger partial charge in [0.15, 0.2) is 5.82 Å². The van der Waals surface area contributed by atoms with Crippen LogP contribution < -0.4 is 5.32 Å². The van der Waals surface area contributed by atoms with E-state index >= 15 is 0 Å². The molecule has 0 saturated carbocycles. The van der Waals surface area contributed by atoms with Gasteiger partial charge in [-0.05, 0) is 5.56 Å². The molecule has 1 aromatic carbocycles. The molecule has 25 heavy (non-hydrogen) atoms. The fraction of sp³-hybridized carbons (Fsp3) is 0.167. The lowest BCUT2D eigenvalue weighted by molar-refractivity contribution is 0.178. The first-order chi connectivity index (χ1) is 12.3. The summed E-state index contributed by atoms with van der Waals surface area (Å²) >= 11 is 3.22. The Hall–Kier alpha value is -2.35. The molecule has 0 spiro atoms. The number of aromatic nitrogens is 3. The van der Waals surface area contributed by atoms with Gasteiger partial charge in [0, 0.05) is 23.4 Å². The Morgan fingerprint density at radius 1 is 1.12 bits per heavy atom. The summed E-state index contributed by atoms with van der Waals surface area (Å²) in [4.78, 5) is 14.6. The number of benzene rings is 1. The van der Waals surface area contributed by atoms with E-state index in [1.165, 1.54) is 0 Å². The molecule has 5 nitrogen and oxygen atoms in total. The van der Waals surface area contributed by atoms with Crippen LogP contribution in [0.2, 0.25) is 0 Å². The van der Waals surface area contributed by atoms with Crippen LogP contribution in [-0.2, 0) is 17.9 Å². The maximum Gasteiger partial charge on any atom is 0.158 e. The van der Waals surface area contributed by atoms with Crippen LogP contribution in [0.3, 0.4) is 0 Å². The minimum Gasteiger partial charge on any atom is -0.377 e. The van der Waals surface area contributed by atoms with Crippen LogP contribution >= 0.6 is 22.7 Å². The number of hydrogen-bond donors (Lipinski definition) is 1. The monoisotopic (exact) mass is 368 g/mol. The third kappa shape index (κ3) is 3.39. The zero-order valence-electron chi connectivity index (χ0n) is 13.6. The van der Waals surface area contributed by atoms with Crippen LogP contribution in [-0.4, -0.2) is 22.1 Å². The third-order valence-electron chi connectivity index (χ3n) is 3.76. The molecule has 3 aromatic heterocycles. The lowest BCUT2D eigenvalue weighted by Gasteiger charge is -2.09. The maximum atomic E-state index is 5.21. The highest BCUT2D eigenvalue weighted by atomic mass is 32.1. The zero-order chi connectivity index (χ0) is 17.1. The second-order valence-corrected chi connectivity index (χ2v) is 7.03. The highest BCUT2D eigenvalue weighted by Crippen LogP contribution is 2.37. The molecule has 0 unspecified atom stereocenters. The standard InChI is InChI=1S/C18H16N4OS2/c1-23-8-15-21-17(19-7-13-9-24-11-20-13)16-14(10-25-18(16)22-15)12-5-3-2-4-6-12/h2-6,9-11H,7-8H2,1H3,(H,19,21,22). The van der Waals surface area contributed by atoms with E-state index in [9.17, 15) is 0 Å². The number of nitrogens with one attached hydrogen (secondary N) is 1. The summed E-state index contributed by atoms with van der Waals surface area (Å²) in [7, 11) is 1.65. The SMILES string of the molecule is COCc1nc(NCc2cscn2)c2c(-c3ccccc3)csc2n1. The molecule has 0 aliphatic carbocycles. The summed E-state index contributed by atoms with van der Waals surface area (Å²) in [6, 6.07) is 10.3. The van der Waals surface area contributed by atoms with Crippen LogP contribution in [0.1, 0.15) is 11.5 Å². The number of rotatable bonds is 6. The van der Waals surface area contributed by atoms with Gasteiger partial charge in [0.2, 0.25) is 0 Å². The first kappa shape index (κ1) is 16.1. The highest BCUT2D eigenvalue weighted by Gasteiger charge is 2.15. The molecule has 0 bridgehead atoms. The molecule has 1 N–H and O–H groups in total. The number of nitrogens with zero attached hydrogens (tertiary/aromatic N) is 3. The van der Waals surface area contributed by atoms with E-state index in [2.05, 4.69) is 37.8 Å². The molecule has 0 atom stereocenters. The van der Waals surface area contributed by atoms with Gasteiger partial charge in [0.05, 0.1) is 23.1 Å². The Kier molecular flexibility index (Phi) is 4.69. The zero-order valence-corrected chi connectivity index (χ0v) is 15.2. The first-order valence-electron chi connectivity index (χ1n) is 7.78. The lowest BCUT2D eigenvalue weighted by Crippen LogP contribution is -2.06. The van der Waals surface area contributed by atoms with E-state index in [1.54, 1.807) is 29.8 Å². The quantitative estimate of drug-likeness (QED) is 0.540. The van der Waals surface area contributed by atoms with Gasteiger partial charge in [-0.15, -0.1) is 22.7 Å². The second kappa shape index (κ2) is 7.26. The predicted octanol–water partition coefficient (Wildman–Crippen LogP) is 4.57. The van der Waals surface area contributed by atoms with Gasteiger partial charge < -0.3 is 10.1 Å². The van der Waals surface area contributed by atoms with Crippen molar-refractivity contribution in [1.82, 2.24) is 15.0 Å². The molecule has 0 radical (unpaired) electrons. The molecule has 0 aliphatic heterocycles. The van der Waals surface area contributed by atoms with Crippen molar-refractivity contribution in [3.05, 3.63) is 58.1 Å². The van der Waals surface area contributed by atoms with Gasteiger partial charge in [0.25, 0.3) is 0 Å². The first-order valence-corrected chi connectivity index (χ1v) is 9.61. The van der Waals surface area contributed by atoms with Crippen molar-refractivity contribution in [2.75, 3.05) is 12.4 Å². The van der Waals surface area contributed by atoms with Crippen molar-refractivity contribution in [2.45, 2.75) is 13.2 Å². The summed E-state index contributed by atoms with van der Waals surface area (Å²) in [5, 5.41) is 8.65. The van der Waals surface area contributed by atoms with Gasteiger partial charge >= 0.3 is 0 Å². The van der Waals surface area contributed by atoms with Crippen molar-refractivity contribution in [3.63, 3.8) is 0 Å². The van der Waals surface area contributed by atoms with Crippen molar-refractivity contribution in [3.8, 4) is 11.1 Å². The van der Waals surface area contributed by atoms with Crippen molar-refractivity contribution >= 4 is 38.7 Å². The summed E-state index contributed by atoms with van der Waals surface area (Å²) in [5.74, 6) is 1.50. The average molecular weight is 368 g/mol. The van der Waals surface area contributed by atoms with E-state index in [4.69, 9.17) is 4.74 Å². The summed E-state index contributed by atoms with van der Waals surface area (Å²) in [6.45, 7) is 1.02. The van der Waals surface area contributed by atoms with Crippen LogP contribution in [0.4, 0.5) is 5.82 Å². The van der Waals surface area contributed by atoms with Gasteiger partial charge in [-0.25, -0.2) is 15.0 Å². The molecule has 4 rings (SSSR count). The number of fused-ring (bicyclic) bond motifs is 1. The maximum absolute atomic E-state index is 5.21. The van der Waals surface area contributed by atoms with Crippen LogP contribution in [0.15, 0.2) is 46.6 Å². The average Bonchev–Trinajstić information content (AvgIpc) is 3.30. The third-order valence-corrected chi connectivity index (χ3v) is 5.27. The number of thiophene rings is 1. The molecular formula is C18H16N4OS2. The van der Waals surface area contributed by atoms with E-state index in [0.29, 0.717) is 19.0 Å². The second-order valence-electron chi connectivity index (χ2n) is 5.45. The number of thiazole rings is 1. The molecule has 0 fully saturated rings. The van der Waals surface area contributed by atoms with E-state index in [1.807, 2.05) is 29.1 Å². The van der Waals surface area contributed by atoms with Gasteiger partial charge in [-0.1, -0.05) is 30.3 Å². The van der Waals surface area contributed by atoms with Crippen LogP contribution in [0.25, 0.3) is 21.3 Å². The Bertz CT molecular complexity index is 968. The topological polar surface area (TPSA) is 59.9 Å². The van der Waals surface area contributed by atoms with Crippen LogP contribution in [0, 0.1) is 0 Å². The minimum atomic E-state index is 0.389. The predicted molar refractivity (Wildman–Crippen MR) is 103 cm³/mol. The van der Waals surface area contributed by atoms with Crippen molar-refractivity contribution in [1.29, 1.82) is 0 Å². The molecule has 0 saturated heterocycles.